The normalized spacial score (nSPS) is 11.8. The van der Waals surface area contributed by atoms with Crippen LogP contribution >= 0.6 is 23.2 Å². The summed E-state index contributed by atoms with van der Waals surface area (Å²) in [5.74, 6) is -1.68. The maximum Gasteiger partial charge on any atom is 0.313 e. The van der Waals surface area contributed by atoms with Gasteiger partial charge < -0.3 is 15.7 Å². The Labute approximate surface area is 120 Å². The quantitative estimate of drug-likeness (QED) is 0.741. The first kappa shape index (κ1) is 15.8. The van der Waals surface area contributed by atoms with Gasteiger partial charge in [0.05, 0.1) is 10.0 Å². The predicted molar refractivity (Wildman–Crippen MR) is 74.4 cm³/mol. The van der Waals surface area contributed by atoms with Gasteiger partial charge in [0.25, 0.3) is 0 Å². The van der Waals surface area contributed by atoms with Crippen LogP contribution in [0.25, 0.3) is 0 Å². The van der Waals surface area contributed by atoms with Crippen molar-refractivity contribution in [3.63, 3.8) is 0 Å². The van der Waals surface area contributed by atoms with E-state index in [0.29, 0.717) is 10.7 Å². The molecule has 2 amide bonds. The molecule has 0 bridgehead atoms. The molecular formula is C12H14Cl2N2O3. The zero-order valence-electron chi connectivity index (χ0n) is 10.2. The zero-order valence-corrected chi connectivity index (χ0v) is 11.8. The van der Waals surface area contributed by atoms with Crippen molar-refractivity contribution in [2.75, 3.05) is 18.5 Å². The Hall–Kier alpha value is -1.30. The molecule has 1 aromatic rings. The Bertz CT molecular complexity index is 480. The summed E-state index contributed by atoms with van der Waals surface area (Å²) in [5, 5.41) is 14.3. The second kappa shape index (κ2) is 7.33. The van der Waals surface area contributed by atoms with Gasteiger partial charge in [-0.1, -0.05) is 30.1 Å². The molecule has 0 saturated heterocycles. The molecule has 0 spiro atoms. The molecule has 104 valence electrons. The van der Waals surface area contributed by atoms with E-state index >= 15 is 0 Å². The van der Waals surface area contributed by atoms with Crippen molar-refractivity contribution in [3.8, 4) is 0 Å². The van der Waals surface area contributed by atoms with Crippen molar-refractivity contribution in [1.82, 2.24) is 5.32 Å². The van der Waals surface area contributed by atoms with Crippen LogP contribution in [0.15, 0.2) is 18.2 Å². The van der Waals surface area contributed by atoms with Gasteiger partial charge in [0, 0.05) is 18.8 Å². The minimum atomic E-state index is -0.802. The number of carbonyl (C=O) groups is 2. The minimum absolute atomic E-state index is 0.0608. The van der Waals surface area contributed by atoms with E-state index in [0.717, 1.165) is 0 Å². The van der Waals surface area contributed by atoms with Crippen LogP contribution in [0.4, 0.5) is 5.69 Å². The number of aliphatic hydroxyl groups excluding tert-OH is 1. The minimum Gasteiger partial charge on any atom is -0.396 e. The van der Waals surface area contributed by atoms with Gasteiger partial charge in [0.1, 0.15) is 0 Å². The maximum absolute atomic E-state index is 11.5. The lowest BCUT2D eigenvalue weighted by molar-refractivity contribution is -0.136. The molecule has 1 aromatic carbocycles. The van der Waals surface area contributed by atoms with Crippen molar-refractivity contribution in [3.05, 3.63) is 28.2 Å². The van der Waals surface area contributed by atoms with Crippen LogP contribution in [0.5, 0.6) is 0 Å². The van der Waals surface area contributed by atoms with Gasteiger partial charge in [-0.2, -0.15) is 0 Å². The number of anilines is 1. The lowest BCUT2D eigenvalue weighted by Gasteiger charge is -2.10. The Morgan fingerprint density at radius 2 is 1.95 bits per heavy atom. The Morgan fingerprint density at radius 3 is 2.53 bits per heavy atom. The molecule has 7 heteroatoms. The van der Waals surface area contributed by atoms with Gasteiger partial charge >= 0.3 is 11.8 Å². The molecule has 0 aromatic heterocycles. The molecule has 0 heterocycles. The fourth-order valence-corrected chi connectivity index (χ4v) is 1.47. The van der Waals surface area contributed by atoms with Gasteiger partial charge in [0.15, 0.2) is 0 Å². The first-order chi connectivity index (χ1) is 8.93. The molecule has 0 radical (unpaired) electrons. The van der Waals surface area contributed by atoms with Crippen LogP contribution in [-0.2, 0) is 9.59 Å². The Kier molecular flexibility index (Phi) is 6.08. The fourth-order valence-electron chi connectivity index (χ4n) is 1.17. The summed E-state index contributed by atoms with van der Waals surface area (Å²) in [6, 6.07) is 4.51. The van der Waals surface area contributed by atoms with Crippen LogP contribution in [0.2, 0.25) is 10.0 Å². The Balaban J connectivity index is 2.54. The highest BCUT2D eigenvalue weighted by Crippen LogP contribution is 2.24. The average molecular weight is 305 g/mol. The molecule has 5 nitrogen and oxygen atoms in total. The van der Waals surface area contributed by atoms with Crippen LogP contribution in [0.3, 0.4) is 0 Å². The second-order valence-electron chi connectivity index (χ2n) is 4.08. The molecule has 0 aliphatic rings. The van der Waals surface area contributed by atoms with Gasteiger partial charge in [-0.25, -0.2) is 0 Å². The SMILES string of the molecule is CC(CO)CNC(=O)C(=O)Nc1ccc(Cl)c(Cl)c1. The van der Waals surface area contributed by atoms with E-state index in [1.54, 1.807) is 6.92 Å². The number of rotatable bonds is 4. The van der Waals surface area contributed by atoms with E-state index < -0.39 is 11.8 Å². The largest absolute Gasteiger partial charge is 0.396 e. The summed E-state index contributed by atoms with van der Waals surface area (Å²) in [5.41, 5.74) is 0.379. The molecule has 1 rings (SSSR count). The first-order valence-corrected chi connectivity index (χ1v) is 6.34. The summed E-state index contributed by atoms with van der Waals surface area (Å²) in [4.78, 5) is 23.0. The maximum atomic E-state index is 11.5. The zero-order chi connectivity index (χ0) is 14.4. The summed E-state index contributed by atoms with van der Waals surface area (Å²) in [7, 11) is 0. The molecular weight excluding hydrogens is 291 g/mol. The van der Waals surface area contributed by atoms with E-state index in [1.165, 1.54) is 18.2 Å². The van der Waals surface area contributed by atoms with E-state index in [-0.39, 0.29) is 24.1 Å². The third-order valence-corrected chi connectivity index (χ3v) is 3.05. The smallest absolute Gasteiger partial charge is 0.313 e. The van der Waals surface area contributed by atoms with E-state index in [2.05, 4.69) is 10.6 Å². The highest BCUT2D eigenvalue weighted by Gasteiger charge is 2.14. The molecule has 0 aliphatic heterocycles. The molecule has 0 fully saturated rings. The highest BCUT2D eigenvalue weighted by molar-refractivity contribution is 6.42. The third-order valence-electron chi connectivity index (χ3n) is 2.31. The van der Waals surface area contributed by atoms with Gasteiger partial charge in [-0.15, -0.1) is 0 Å². The fraction of sp³-hybridized carbons (Fsp3) is 0.333. The standard InChI is InChI=1S/C12H14Cl2N2O3/c1-7(6-17)5-15-11(18)12(19)16-8-2-3-9(13)10(14)4-8/h2-4,7,17H,5-6H2,1H3,(H,15,18)(H,16,19). The number of hydrogen-bond donors (Lipinski definition) is 3. The topological polar surface area (TPSA) is 78.4 Å². The van der Waals surface area contributed by atoms with Crippen molar-refractivity contribution in [1.29, 1.82) is 0 Å². The number of nitrogens with one attached hydrogen (secondary N) is 2. The number of amides is 2. The van der Waals surface area contributed by atoms with Crippen molar-refractivity contribution in [2.45, 2.75) is 6.92 Å². The molecule has 1 unspecified atom stereocenters. The van der Waals surface area contributed by atoms with E-state index in [4.69, 9.17) is 28.3 Å². The van der Waals surface area contributed by atoms with Crippen molar-refractivity contribution < 1.29 is 14.7 Å². The highest BCUT2D eigenvalue weighted by atomic mass is 35.5. The summed E-state index contributed by atoms with van der Waals surface area (Å²) >= 11 is 11.5. The molecule has 1 atom stereocenters. The summed E-state index contributed by atoms with van der Waals surface area (Å²) in [6.07, 6.45) is 0. The Morgan fingerprint density at radius 1 is 1.26 bits per heavy atom. The average Bonchev–Trinajstić information content (AvgIpc) is 2.39. The predicted octanol–water partition coefficient (Wildman–Crippen LogP) is 1.68. The van der Waals surface area contributed by atoms with Crippen LogP contribution in [0, 0.1) is 5.92 Å². The first-order valence-electron chi connectivity index (χ1n) is 5.59. The number of carbonyl (C=O) groups excluding carboxylic acids is 2. The molecule has 0 aliphatic carbocycles. The number of halogens is 2. The van der Waals surface area contributed by atoms with Gasteiger partial charge in [0.2, 0.25) is 0 Å². The van der Waals surface area contributed by atoms with Gasteiger partial charge in [-0.05, 0) is 24.1 Å². The van der Waals surface area contributed by atoms with E-state index in [1.807, 2.05) is 0 Å². The summed E-state index contributed by atoms with van der Waals surface area (Å²) < 4.78 is 0. The second-order valence-corrected chi connectivity index (χ2v) is 4.90. The van der Waals surface area contributed by atoms with Crippen LogP contribution in [-0.4, -0.2) is 30.1 Å². The van der Waals surface area contributed by atoms with Crippen molar-refractivity contribution in [2.24, 2.45) is 5.92 Å². The molecule has 0 saturated carbocycles. The lowest BCUT2D eigenvalue weighted by atomic mass is 10.2. The number of aliphatic hydroxyl groups is 1. The monoisotopic (exact) mass is 304 g/mol. The summed E-state index contributed by atoms with van der Waals surface area (Å²) in [6.45, 7) is 1.91. The number of benzene rings is 1. The van der Waals surface area contributed by atoms with Crippen LogP contribution < -0.4 is 10.6 Å². The lowest BCUT2D eigenvalue weighted by Crippen LogP contribution is -2.38. The number of hydrogen-bond acceptors (Lipinski definition) is 3. The molecule has 3 N–H and O–H groups in total. The third kappa shape index (κ3) is 5.06. The van der Waals surface area contributed by atoms with Gasteiger partial charge in [-0.3, -0.25) is 9.59 Å². The van der Waals surface area contributed by atoms with Crippen LogP contribution in [0.1, 0.15) is 6.92 Å². The van der Waals surface area contributed by atoms with Crippen molar-refractivity contribution >= 4 is 40.7 Å². The molecule has 19 heavy (non-hydrogen) atoms. The van der Waals surface area contributed by atoms with E-state index in [9.17, 15) is 9.59 Å².